The number of aromatic amines is 1. The third kappa shape index (κ3) is 4.77. The molecule has 2 heterocycles. The Bertz CT molecular complexity index is 721. The van der Waals surface area contributed by atoms with Crippen molar-refractivity contribution in [3.63, 3.8) is 0 Å². The number of pyridine rings is 1. The number of aryl methyl sites for hydroxylation is 2. The highest BCUT2D eigenvalue weighted by Gasteiger charge is 2.18. The summed E-state index contributed by atoms with van der Waals surface area (Å²) in [6, 6.07) is 5.10. The summed E-state index contributed by atoms with van der Waals surface area (Å²) in [6.07, 6.45) is 0. The monoisotopic (exact) mass is 334 g/mol. The Morgan fingerprint density at radius 2 is 2.13 bits per heavy atom. The molecule has 0 saturated carbocycles. The van der Waals surface area contributed by atoms with E-state index in [4.69, 9.17) is 4.74 Å². The highest BCUT2D eigenvalue weighted by Crippen LogP contribution is 2.19. The van der Waals surface area contributed by atoms with Gasteiger partial charge in [-0.2, -0.15) is 0 Å². The summed E-state index contributed by atoms with van der Waals surface area (Å²) < 4.78 is 5.39. The number of thiophene rings is 1. The molecule has 124 valence electrons. The summed E-state index contributed by atoms with van der Waals surface area (Å²) >= 11 is 1.63. The van der Waals surface area contributed by atoms with Crippen LogP contribution in [0.2, 0.25) is 0 Å². The predicted octanol–water partition coefficient (Wildman–Crippen LogP) is 2.73. The van der Waals surface area contributed by atoms with E-state index in [2.05, 4.69) is 4.98 Å². The summed E-state index contributed by atoms with van der Waals surface area (Å²) in [5.41, 5.74) is 2.01. The summed E-state index contributed by atoms with van der Waals surface area (Å²) in [6.45, 7) is 7.85. The van der Waals surface area contributed by atoms with E-state index in [1.165, 1.54) is 11.6 Å². The Labute approximate surface area is 139 Å². The number of amides is 1. The highest BCUT2D eigenvalue weighted by molar-refractivity contribution is 7.10. The maximum Gasteiger partial charge on any atom is 0.254 e. The second kappa shape index (κ2) is 8.08. The fourth-order valence-corrected chi connectivity index (χ4v) is 3.22. The molecule has 6 heteroatoms. The lowest BCUT2D eigenvalue weighted by Gasteiger charge is -2.22. The van der Waals surface area contributed by atoms with E-state index in [1.54, 1.807) is 29.2 Å². The molecule has 0 aromatic carbocycles. The molecular weight excluding hydrogens is 312 g/mol. The lowest BCUT2D eigenvalue weighted by molar-refractivity contribution is 0.0643. The number of nitrogens with one attached hydrogen (secondary N) is 1. The first kappa shape index (κ1) is 17.4. The Morgan fingerprint density at radius 1 is 1.35 bits per heavy atom. The third-order valence-electron chi connectivity index (χ3n) is 3.53. The maximum absolute atomic E-state index is 12.8. The minimum absolute atomic E-state index is 0.147. The van der Waals surface area contributed by atoms with E-state index in [0.717, 1.165) is 4.88 Å². The molecular formula is C17H22N2O3S. The topological polar surface area (TPSA) is 62.4 Å². The number of aromatic nitrogens is 1. The molecule has 0 atom stereocenters. The molecule has 2 rings (SSSR count). The largest absolute Gasteiger partial charge is 0.380 e. The molecule has 0 spiro atoms. The zero-order chi connectivity index (χ0) is 16.8. The standard InChI is InChI=1S/C17H22N2O3S/c1-4-22-7-6-19(11-15-12(2)5-8-23-15)17(21)14-9-13(3)18-16(20)10-14/h5,8-10H,4,6-7,11H2,1-3H3,(H,18,20). The number of hydrogen-bond acceptors (Lipinski definition) is 4. The van der Waals surface area contributed by atoms with E-state index < -0.39 is 0 Å². The van der Waals surface area contributed by atoms with Crippen molar-refractivity contribution in [1.82, 2.24) is 9.88 Å². The molecule has 0 fully saturated rings. The first-order valence-electron chi connectivity index (χ1n) is 7.62. The molecule has 0 radical (unpaired) electrons. The Hall–Kier alpha value is -1.92. The molecule has 0 saturated heterocycles. The number of rotatable bonds is 7. The normalized spacial score (nSPS) is 10.7. The van der Waals surface area contributed by atoms with Gasteiger partial charge < -0.3 is 14.6 Å². The number of hydrogen-bond donors (Lipinski definition) is 1. The van der Waals surface area contributed by atoms with Crippen LogP contribution in [0.25, 0.3) is 0 Å². The highest BCUT2D eigenvalue weighted by atomic mass is 32.1. The van der Waals surface area contributed by atoms with E-state index in [0.29, 0.717) is 37.6 Å². The Kier molecular flexibility index (Phi) is 6.12. The van der Waals surface area contributed by atoms with Crippen molar-refractivity contribution in [2.45, 2.75) is 27.3 Å². The van der Waals surface area contributed by atoms with Crippen LogP contribution in [0.4, 0.5) is 0 Å². The van der Waals surface area contributed by atoms with Crippen LogP contribution in [0.3, 0.4) is 0 Å². The van der Waals surface area contributed by atoms with Crippen LogP contribution in [-0.4, -0.2) is 35.5 Å². The third-order valence-corrected chi connectivity index (χ3v) is 4.53. The lowest BCUT2D eigenvalue weighted by atomic mass is 10.2. The molecule has 2 aromatic rings. The summed E-state index contributed by atoms with van der Waals surface area (Å²) in [4.78, 5) is 30.0. The molecule has 5 nitrogen and oxygen atoms in total. The summed E-state index contributed by atoms with van der Waals surface area (Å²) in [5, 5.41) is 2.02. The van der Waals surface area contributed by atoms with Crippen LogP contribution < -0.4 is 5.56 Å². The van der Waals surface area contributed by atoms with E-state index in [-0.39, 0.29) is 11.5 Å². The van der Waals surface area contributed by atoms with Crippen molar-refractivity contribution < 1.29 is 9.53 Å². The number of ether oxygens (including phenoxy) is 1. The minimum atomic E-state index is -0.259. The second-order valence-corrected chi connectivity index (χ2v) is 6.37. The van der Waals surface area contributed by atoms with Crippen molar-refractivity contribution in [2.75, 3.05) is 19.8 Å². The predicted molar refractivity (Wildman–Crippen MR) is 92.1 cm³/mol. The number of carbonyl (C=O) groups is 1. The van der Waals surface area contributed by atoms with Gasteiger partial charge in [-0.15, -0.1) is 11.3 Å². The molecule has 23 heavy (non-hydrogen) atoms. The van der Waals surface area contributed by atoms with Crippen molar-refractivity contribution in [3.8, 4) is 0 Å². The van der Waals surface area contributed by atoms with Gasteiger partial charge in [0.25, 0.3) is 5.91 Å². The quantitative estimate of drug-likeness (QED) is 0.792. The number of carbonyl (C=O) groups excluding carboxylic acids is 1. The van der Waals surface area contributed by atoms with Gasteiger partial charge >= 0.3 is 0 Å². The van der Waals surface area contributed by atoms with Crippen molar-refractivity contribution in [1.29, 1.82) is 0 Å². The average Bonchev–Trinajstić information content (AvgIpc) is 2.90. The molecule has 2 aromatic heterocycles. The zero-order valence-electron chi connectivity index (χ0n) is 13.7. The summed E-state index contributed by atoms with van der Waals surface area (Å²) in [5.74, 6) is -0.147. The van der Waals surface area contributed by atoms with Crippen molar-refractivity contribution in [2.24, 2.45) is 0 Å². The van der Waals surface area contributed by atoms with Crippen LogP contribution in [-0.2, 0) is 11.3 Å². The lowest BCUT2D eigenvalue weighted by Crippen LogP contribution is -2.34. The Morgan fingerprint density at radius 3 is 2.74 bits per heavy atom. The minimum Gasteiger partial charge on any atom is -0.380 e. The van der Waals surface area contributed by atoms with Gasteiger partial charge in [0, 0.05) is 35.4 Å². The van der Waals surface area contributed by atoms with Crippen LogP contribution in [0.1, 0.15) is 33.4 Å². The second-order valence-electron chi connectivity index (χ2n) is 5.37. The molecule has 0 aliphatic heterocycles. The van der Waals surface area contributed by atoms with Gasteiger partial charge in [0.05, 0.1) is 13.2 Å². The van der Waals surface area contributed by atoms with Crippen LogP contribution in [0.15, 0.2) is 28.4 Å². The first-order valence-corrected chi connectivity index (χ1v) is 8.50. The maximum atomic E-state index is 12.8. The van der Waals surface area contributed by atoms with Gasteiger partial charge in [-0.1, -0.05) is 0 Å². The van der Waals surface area contributed by atoms with Crippen LogP contribution in [0, 0.1) is 13.8 Å². The first-order chi connectivity index (χ1) is 11.0. The van der Waals surface area contributed by atoms with Crippen LogP contribution in [0.5, 0.6) is 0 Å². The van der Waals surface area contributed by atoms with E-state index >= 15 is 0 Å². The van der Waals surface area contributed by atoms with E-state index in [9.17, 15) is 9.59 Å². The molecule has 1 N–H and O–H groups in total. The average molecular weight is 334 g/mol. The van der Waals surface area contributed by atoms with Gasteiger partial charge in [-0.3, -0.25) is 9.59 Å². The van der Waals surface area contributed by atoms with Gasteiger partial charge in [0.2, 0.25) is 5.56 Å². The fraction of sp³-hybridized carbons (Fsp3) is 0.412. The van der Waals surface area contributed by atoms with Crippen molar-refractivity contribution in [3.05, 3.63) is 55.6 Å². The van der Waals surface area contributed by atoms with Crippen LogP contribution >= 0.6 is 11.3 Å². The molecule has 0 aliphatic carbocycles. The summed E-state index contributed by atoms with van der Waals surface area (Å²) in [7, 11) is 0. The van der Waals surface area contributed by atoms with Gasteiger partial charge in [0.15, 0.2) is 0 Å². The smallest absolute Gasteiger partial charge is 0.254 e. The number of H-pyrrole nitrogens is 1. The SMILES string of the molecule is CCOCCN(Cc1sccc1C)C(=O)c1cc(C)[nH]c(=O)c1. The zero-order valence-corrected chi connectivity index (χ0v) is 14.5. The van der Waals surface area contributed by atoms with Crippen molar-refractivity contribution >= 4 is 17.2 Å². The molecule has 0 aliphatic rings. The Balaban J connectivity index is 2.22. The molecule has 1 amide bonds. The molecule has 0 unspecified atom stereocenters. The fourth-order valence-electron chi connectivity index (χ4n) is 2.30. The van der Waals surface area contributed by atoms with Gasteiger partial charge in [-0.25, -0.2) is 0 Å². The number of nitrogens with zero attached hydrogens (tertiary/aromatic N) is 1. The van der Waals surface area contributed by atoms with Gasteiger partial charge in [0.1, 0.15) is 0 Å². The van der Waals surface area contributed by atoms with E-state index in [1.807, 2.05) is 25.3 Å². The molecule has 0 bridgehead atoms. The van der Waals surface area contributed by atoms with Gasteiger partial charge in [-0.05, 0) is 43.8 Å².